The highest BCUT2D eigenvalue weighted by atomic mass is 15.3. The van der Waals surface area contributed by atoms with E-state index in [0.717, 1.165) is 6.54 Å². The molecule has 3 heteroatoms. The zero-order chi connectivity index (χ0) is 13.8. The molecule has 102 valence electrons. The fraction of sp³-hybridized carbons (Fsp3) is 0.438. The Kier molecular flexibility index (Phi) is 4.38. The van der Waals surface area contributed by atoms with Crippen molar-refractivity contribution in [3.8, 4) is 0 Å². The van der Waals surface area contributed by atoms with Crippen molar-refractivity contribution < 1.29 is 0 Å². The number of hydrogen-bond donors (Lipinski definition) is 1. The van der Waals surface area contributed by atoms with Crippen LogP contribution in [0.5, 0.6) is 0 Å². The van der Waals surface area contributed by atoms with E-state index in [1.54, 1.807) is 0 Å². The van der Waals surface area contributed by atoms with Crippen LogP contribution in [0.1, 0.15) is 49.5 Å². The fourth-order valence-corrected chi connectivity index (χ4v) is 2.20. The largest absolute Gasteiger partial charge is 0.304 e. The standard InChI is InChI=1S/C16H23N3/c1-5-19-11-16(10-17-19)14(4)18-13(3)15-8-6-12(2)7-9-15/h6-11,13-14,18H,5H2,1-4H3/t13-,14?/m0/s1. The van der Waals surface area contributed by atoms with Gasteiger partial charge in [-0.05, 0) is 33.3 Å². The van der Waals surface area contributed by atoms with E-state index in [9.17, 15) is 0 Å². The molecule has 1 N–H and O–H groups in total. The predicted octanol–water partition coefficient (Wildman–Crippen LogP) is 3.62. The Morgan fingerprint density at radius 1 is 1.11 bits per heavy atom. The summed E-state index contributed by atoms with van der Waals surface area (Å²) in [4.78, 5) is 0. The summed E-state index contributed by atoms with van der Waals surface area (Å²) in [5.41, 5.74) is 3.86. The van der Waals surface area contributed by atoms with Crippen molar-refractivity contribution in [2.45, 2.75) is 46.3 Å². The van der Waals surface area contributed by atoms with Gasteiger partial charge in [0.25, 0.3) is 0 Å². The molecule has 0 saturated carbocycles. The number of nitrogens with one attached hydrogen (secondary N) is 1. The second-order valence-electron chi connectivity index (χ2n) is 5.15. The molecule has 0 aliphatic rings. The van der Waals surface area contributed by atoms with Gasteiger partial charge in [-0.3, -0.25) is 4.68 Å². The Morgan fingerprint density at radius 3 is 2.32 bits per heavy atom. The fourth-order valence-electron chi connectivity index (χ4n) is 2.20. The Bertz CT molecular complexity index is 513. The van der Waals surface area contributed by atoms with Gasteiger partial charge >= 0.3 is 0 Å². The van der Waals surface area contributed by atoms with Gasteiger partial charge in [0.05, 0.1) is 6.20 Å². The molecular weight excluding hydrogens is 234 g/mol. The summed E-state index contributed by atoms with van der Waals surface area (Å²) in [6.45, 7) is 9.51. The molecular formula is C16H23N3. The molecule has 19 heavy (non-hydrogen) atoms. The molecule has 0 fully saturated rings. The summed E-state index contributed by atoms with van der Waals surface area (Å²) >= 11 is 0. The highest BCUT2D eigenvalue weighted by Crippen LogP contribution is 2.19. The van der Waals surface area contributed by atoms with E-state index in [1.165, 1.54) is 16.7 Å². The lowest BCUT2D eigenvalue weighted by Crippen LogP contribution is -2.22. The molecule has 1 unspecified atom stereocenters. The second-order valence-corrected chi connectivity index (χ2v) is 5.15. The van der Waals surface area contributed by atoms with Crippen molar-refractivity contribution >= 4 is 0 Å². The number of aromatic nitrogens is 2. The van der Waals surface area contributed by atoms with Gasteiger partial charge in [-0.25, -0.2) is 0 Å². The van der Waals surface area contributed by atoms with Crippen molar-refractivity contribution in [3.05, 3.63) is 53.3 Å². The van der Waals surface area contributed by atoms with E-state index < -0.39 is 0 Å². The molecule has 0 radical (unpaired) electrons. The van der Waals surface area contributed by atoms with Gasteiger partial charge in [-0.1, -0.05) is 29.8 Å². The smallest absolute Gasteiger partial charge is 0.0537 e. The van der Waals surface area contributed by atoms with Gasteiger partial charge < -0.3 is 5.32 Å². The van der Waals surface area contributed by atoms with Crippen LogP contribution >= 0.6 is 0 Å². The van der Waals surface area contributed by atoms with Gasteiger partial charge in [0.1, 0.15) is 0 Å². The van der Waals surface area contributed by atoms with Gasteiger partial charge in [0.2, 0.25) is 0 Å². The van der Waals surface area contributed by atoms with Crippen LogP contribution in [0.4, 0.5) is 0 Å². The highest BCUT2D eigenvalue weighted by molar-refractivity contribution is 5.24. The summed E-state index contributed by atoms with van der Waals surface area (Å²) in [5.74, 6) is 0. The van der Waals surface area contributed by atoms with Gasteiger partial charge in [-0.15, -0.1) is 0 Å². The normalized spacial score (nSPS) is 14.3. The van der Waals surface area contributed by atoms with Gasteiger partial charge in [0, 0.05) is 30.4 Å². The number of nitrogens with zero attached hydrogens (tertiary/aromatic N) is 2. The molecule has 0 amide bonds. The lowest BCUT2D eigenvalue weighted by atomic mass is 10.0. The van der Waals surface area contributed by atoms with Crippen LogP contribution in [0.25, 0.3) is 0 Å². The van der Waals surface area contributed by atoms with E-state index in [1.807, 2.05) is 10.9 Å². The van der Waals surface area contributed by atoms with Crippen LogP contribution in [0.3, 0.4) is 0 Å². The minimum absolute atomic E-state index is 0.302. The molecule has 1 aromatic heterocycles. The average Bonchev–Trinajstić information content (AvgIpc) is 2.88. The molecule has 0 bridgehead atoms. The molecule has 2 atom stereocenters. The molecule has 0 aliphatic heterocycles. The van der Waals surface area contributed by atoms with Crippen LogP contribution < -0.4 is 5.32 Å². The van der Waals surface area contributed by atoms with E-state index in [0.29, 0.717) is 12.1 Å². The van der Waals surface area contributed by atoms with Crippen molar-refractivity contribution in [2.24, 2.45) is 0 Å². The molecule has 0 saturated heterocycles. The molecule has 3 nitrogen and oxygen atoms in total. The lowest BCUT2D eigenvalue weighted by molar-refractivity contribution is 0.494. The first kappa shape index (κ1) is 13.8. The average molecular weight is 257 g/mol. The zero-order valence-electron chi connectivity index (χ0n) is 12.2. The van der Waals surface area contributed by atoms with Crippen LogP contribution in [0.15, 0.2) is 36.7 Å². The summed E-state index contributed by atoms with van der Waals surface area (Å²) in [6.07, 6.45) is 4.06. The molecule has 0 spiro atoms. The number of hydrogen-bond acceptors (Lipinski definition) is 2. The van der Waals surface area contributed by atoms with Crippen molar-refractivity contribution in [1.29, 1.82) is 0 Å². The van der Waals surface area contributed by atoms with E-state index in [2.05, 4.69) is 68.6 Å². The van der Waals surface area contributed by atoms with Crippen LogP contribution in [0.2, 0.25) is 0 Å². The van der Waals surface area contributed by atoms with E-state index in [-0.39, 0.29) is 0 Å². The minimum Gasteiger partial charge on any atom is -0.304 e. The second kappa shape index (κ2) is 6.02. The number of rotatable bonds is 5. The molecule has 0 aliphatic carbocycles. The third-order valence-corrected chi connectivity index (χ3v) is 3.55. The molecule has 1 heterocycles. The molecule has 2 aromatic rings. The van der Waals surface area contributed by atoms with Crippen molar-refractivity contribution in [3.63, 3.8) is 0 Å². The Balaban J connectivity index is 2.01. The third-order valence-electron chi connectivity index (χ3n) is 3.55. The maximum atomic E-state index is 4.32. The first-order valence-electron chi connectivity index (χ1n) is 6.95. The van der Waals surface area contributed by atoms with Crippen molar-refractivity contribution in [2.75, 3.05) is 0 Å². The predicted molar refractivity (Wildman–Crippen MR) is 79.0 cm³/mol. The summed E-state index contributed by atoms with van der Waals surface area (Å²) in [7, 11) is 0. The number of benzene rings is 1. The van der Waals surface area contributed by atoms with E-state index >= 15 is 0 Å². The summed E-state index contributed by atoms with van der Waals surface area (Å²) in [6, 6.07) is 9.34. The zero-order valence-corrected chi connectivity index (χ0v) is 12.2. The maximum absolute atomic E-state index is 4.32. The quantitative estimate of drug-likeness (QED) is 0.886. The van der Waals surface area contributed by atoms with Gasteiger partial charge in [-0.2, -0.15) is 5.10 Å². The van der Waals surface area contributed by atoms with Gasteiger partial charge in [0.15, 0.2) is 0 Å². The Hall–Kier alpha value is -1.61. The minimum atomic E-state index is 0.302. The molecule has 2 rings (SSSR count). The SMILES string of the molecule is CCn1cc(C(C)N[C@@H](C)c2ccc(C)cc2)cn1. The van der Waals surface area contributed by atoms with Crippen molar-refractivity contribution in [1.82, 2.24) is 15.1 Å². The van der Waals surface area contributed by atoms with Crippen LogP contribution in [0, 0.1) is 6.92 Å². The van der Waals surface area contributed by atoms with E-state index in [4.69, 9.17) is 0 Å². The first-order valence-corrected chi connectivity index (χ1v) is 6.95. The Labute approximate surface area is 115 Å². The van der Waals surface area contributed by atoms with Crippen LogP contribution in [-0.4, -0.2) is 9.78 Å². The monoisotopic (exact) mass is 257 g/mol. The summed E-state index contributed by atoms with van der Waals surface area (Å²) < 4.78 is 1.96. The maximum Gasteiger partial charge on any atom is 0.0537 e. The Morgan fingerprint density at radius 2 is 1.74 bits per heavy atom. The topological polar surface area (TPSA) is 29.9 Å². The summed E-state index contributed by atoms with van der Waals surface area (Å²) in [5, 5.41) is 7.94. The highest BCUT2D eigenvalue weighted by Gasteiger charge is 2.12. The van der Waals surface area contributed by atoms with Crippen LogP contribution in [-0.2, 0) is 6.54 Å². The molecule has 1 aromatic carbocycles. The third kappa shape index (κ3) is 3.44. The first-order chi connectivity index (χ1) is 9.10. The lowest BCUT2D eigenvalue weighted by Gasteiger charge is -2.19. The number of aryl methyl sites for hydroxylation is 2.